The fraction of sp³-hybridized carbons (Fsp3) is 0.500. The van der Waals surface area contributed by atoms with Gasteiger partial charge in [0.05, 0.1) is 6.61 Å². The molecule has 0 radical (unpaired) electrons. The number of rotatable bonds is 3. The number of hydrogen-bond donors (Lipinski definition) is 0. The first kappa shape index (κ1) is 13.6. The van der Waals surface area contributed by atoms with Gasteiger partial charge in [-0.25, -0.2) is 4.98 Å². The van der Waals surface area contributed by atoms with E-state index in [0.29, 0.717) is 12.5 Å². The van der Waals surface area contributed by atoms with Crippen molar-refractivity contribution in [3.05, 3.63) is 23.6 Å². The zero-order valence-corrected chi connectivity index (χ0v) is 11.3. The monoisotopic (exact) mass is 235 g/mol. The second kappa shape index (κ2) is 6.28. The van der Waals surface area contributed by atoms with Crippen LogP contribution in [0, 0.1) is 6.92 Å². The molecule has 94 valence electrons. The SMILES string of the molecule is CC.CCOc1ccc2oc(C)nc2c1CC. The molecule has 2 rings (SSSR count). The zero-order valence-electron chi connectivity index (χ0n) is 11.3. The van der Waals surface area contributed by atoms with Crippen LogP contribution in [-0.4, -0.2) is 11.6 Å². The topological polar surface area (TPSA) is 35.3 Å². The molecule has 1 aromatic heterocycles. The molecule has 0 spiro atoms. The molecule has 3 nitrogen and oxygen atoms in total. The molecule has 0 aliphatic rings. The van der Waals surface area contributed by atoms with E-state index in [2.05, 4.69) is 11.9 Å². The van der Waals surface area contributed by atoms with Crippen LogP contribution in [0.5, 0.6) is 5.75 Å². The molecule has 0 bridgehead atoms. The second-order valence-corrected chi connectivity index (χ2v) is 3.41. The van der Waals surface area contributed by atoms with Crippen LogP contribution in [0.4, 0.5) is 0 Å². The summed E-state index contributed by atoms with van der Waals surface area (Å²) in [4.78, 5) is 4.38. The molecule has 2 aromatic rings. The van der Waals surface area contributed by atoms with E-state index in [0.717, 1.165) is 28.8 Å². The van der Waals surface area contributed by atoms with Crippen molar-refractivity contribution in [3.63, 3.8) is 0 Å². The van der Waals surface area contributed by atoms with Gasteiger partial charge in [0.2, 0.25) is 0 Å². The van der Waals surface area contributed by atoms with E-state index < -0.39 is 0 Å². The lowest BCUT2D eigenvalue weighted by Crippen LogP contribution is -1.96. The van der Waals surface area contributed by atoms with Crippen LogP contribution < -0.4 is 4.74 Å². The van der Waals surface area contributed by atoms with Gasteiger partial charge in [-0.1, -0.05) is 20.8 Å². The Hall–Kier alpha value is -1.51. The summed E-state index contributed by atoms with van der Waals surface area (Å²) in [7, 11) is 0. The van der Waals surface area contributed by atoms with Crippen LogP contribution in [0.3, 0.4) is 0 Å². The van der Waals surface area contributed by atoms with Crippen molar-refractivity contribution in [2.75, 3.05) is 6.61 Å². The molecule has 0 fully saturated rings. The van der Waals surface area contributed by atoms with Gasteiger partial charge in [0.1, 0.15) is 11.3 Å². The number of benzene rings is 1. The Labute approximate surface area is 103 Å². The highest BCUT2D eigenvalue weighted by atomic mass is 16.5. The van der Waals surface area contributed by atoms with Gasteiger partial charge in [-0.05, 0) is 25.5 Å². The smallest absolute Gasteiger partial charge is 0.192 e. The molecule has 0 saturated carbocycles. The number of fused-ring (bicyclic) bond motifs is 1. The third kappa shape index (κ3) is 2.78. The molecule has 0 unspecified atom stereocenters. The predicted molar refractivity (Wildman–Crippen MR) is 70.6 cm³/mol. The van der Waals surface area contributed by atoms with Gasteiger partial charge >= 0.3 is 0 Å². The highest BCUT2D eigenvalue weighted by Gasteiger charge is 2.11. The average Bonchev–Trinajstić information content (AvgIpc) is 2.72. The van der Waals surface area contributed by atoms with Crippen molar-refractivity contribution >= 4 is 11.1 Å². The quantitative estimate of drug-likeness (QED) is 0.802. The summed E-state index contributed by atoms with van der Waals surface area (Å²) in [5.41, 5.74) is 2.90. The highest BCUT2D eigenvalue weighted by molar-refractivity contribution is 5.79. The minimum atomic E-state index is 0.676. The summed E-state index contributed by atoms with van der Waals surface area (Å²) >= 11 is 0. The lowest BCUT2D eigenvalue weighted by Gasteiger charge is -2.07. The molecule has 1 aromatic carbocycles. The molecule has 0 saturated heterocycles. The normalized spacial score (nSPS) is 9.94. The first-order chi connectivity index (χ1) is 8.26. The minimum Gasteiger partial charge on any atom is -0.494 e. The molecule has 1 heterocycles. The van der Waals surface area contributed by atoms with Crippen molar-refractivity contribution in [2.45, 2.75) is 41.0 Å². The van der Waals surface area contributed by atoms with Crippen LogP contribution >= 0.6 is 0 Å². The Bertz CT molecular complexity index is 474. The third-order valence-corrected chi connectivity index (χ3v) is 2.38. The maximum absolute atomic E-state index is 5.56. The van der Waals surface area contributed by atoms with Crippen molar-refractivity contribution in [1.29, 1.82) is 0 Å². The Morgan fingerprint density at radius 1 is 1.24 bits per heavy atom. The van der Waals surface area contributed by atoms with Crippen LogP contribution in [0.2, 0.25) is 0 Å². The number of hydrogen-bond acceptors (Lipinski definition) is 3. The van der Waals surface area contributed by atoms with Crippen molar-refractivity contribution < 1.29 is 9.15 Å². The van der Waals surface area contributed by atoms with E-state index in [-0.39, 0.29) is 0 Å². The molecular weight excluding hydrogens is 214 g/mol. The summed E-state index contributed by atoms with van der Waals surface area (Å²) in [5.74, 6) is 1.62. The highest BCUT2D eigenvalue weighted by Crippen LogP contribution is 2.28. The molecule has 17 heavy (non-hydrogen) atoms. The van der Waals surface area contributed by atoms with Gasteiger partial charge in [0.25, 0.3) is 0 Å². The summed E-state index contributed by atoms with van der Waals surface area (Å²) in [5, 5.41) is 0. The average molecular weight is 235 g/mol. The molecule has 0 aliphatic carbocycles. The first-order valence-corrected chi connectivity index (χ1v) is 6.28. The molecular formula is C14H21NO2. The number of ether oxygens (including phenoxy) is 1. The first-order valence-electron chi connectivity index (χ1n) is 6.28. The number of aryl methyl sites for hydroxylation is 2. The molecule has 0 aliphatic heterocycles. The Morgan fingerprint density at radius 2 is 1.94 bits per heavy atom. The van der Waals surface area contributed by atoms with Crippen LogP contribution in [0.1, 0.15) is 39.1 Å². The van der Waals surface area contributed by atoms with E-state index in [1.807, 2.05) is 39.8 Å². The van der Waals surface area contributed by atoms with Gasteiger partial charge in [-0.2, -0.15) is 0 Å². The standard InChI is InChI=1S/C12H15NO2.C2H6/c1-4-9-10(14-5-2)6-7-11-12(9)13-8(3)15-11;1-2/h6-7H,4-5H2,1-3H3;1-2H3. The molecule has 0 N–H and O–H groups in total. The van der Waals surface area contributed by atoms with E-state index >= 15 is 0 Å². The fourth-order valence-corrected chi connectivity index (χ4v) is 1.77. The summed E-state index contributed by atoms with van der Waals surface area (Å²) < 4.78 is 11.0. The zero-order chi connectivity index (χ0) is 12.8. The lowest BCUT2D eigenvalue weighted by atomic mass is 10.1. The lowest BCUT2D eigenvalue weighted by molar-refractivity contribution is 0.337. The maximum Gasteiger partial charge on any atom is 0.192 e. The summed E-state index contributed by atoms with van der Waals surface area (Å²) in [6, 6.07) is 3.87. The van der Waals surface area contributed by atoms with Crippen molar-refractivity contribution in [3.8, 4) is 5.75 Å². The Kier molecular flexibility index (Phi) is 5.01. The summed E-state index contributed by atoms with van der Waals surface area (Å²) in [6.07, 6.45) is 0.901. The van der Waals surface area contributed by atoms with E-state index in [1.165, 1.54) is 0 Å². The number of aromatic nitrogens is 1. The van der Waals surface area contributed by atoms with E-state index in [1.54, 1.807) is 0 Å². The van der Waals surface area contributed by atoms with E-state index in [9.17, 15) is 0 Å². The van der Waals surface area contributed by atoms with Crippen LogP contribution in [0.25, 0.3) is 11.1 Å². The Morgan fingerprint density at radius 3 is 2.53 bits per heavy atom. The van der Waals surface area contributed by atoms with Gasteiger partial charge in [-0.15, -0.1) is 0 Å². The third-order valence-electron chi connectivity index (χ3n) is 2.38. The summed E-state index contributed by atoms with van der Waals surface area (Å²) in [6.45, 7) is 10.6. The molecule has 0 amide bonds. The molecule has 0 atom stereocenters. The van der Waals surface area contributed by atoms with Gasteiger partial charge in [-0.3, -0.25) is 0 Å². The van der Waals surface area contributed by atoms with Gasteiger partial charge in [0, 0.05) is 12.5 Å². The van der Waals surface area contributed by atoms with Gasteiger partial charge in [0.15, 0.2) is 11.5 Å². The second-order valence-electron chi connectivity index (χ2n) is 3.41. The fourth-order valence-electron chi connectivity index (χ4n) is 1.77. The Balaban J connectivity index is 0.000000686. The largest absolute Gasteiger partial charge is 0.494 e. The van der Waals surface area contributed by atoms with Crippen molar-refractivity contribution in [2.24, 2.45) is 0 Å². The van der Waals surface area contributed by atoms with Gasteiger partial charge < -0.3 is 9.15 Å². The van der Waals surface area contributed by atoms with Crippen LogP contribution in [-0.2, 0) is 6.42 Å². The van der Waals surface area contributed by atoms with E-state index in [4.69, 9.17) is 9.15 Å². The number of oxazole rings is 1. The maximum atomic E-state index is 5.56. The van der Waals surface area contributed by atoms with Crippen molar-refractivity contribution in [1.82, 2.24) is 4.98 Å². The van der Waals surface area contributed by atoms with Crippen LogP contribution in [0.15, 0.2) is 16.5 Å². The minimum absolute atomic E-state index is 0.676. The molecule has 3 heteroatoms. The predicted octanol–water partition coefficient (Wildman–Crippen LogP) is 4.12. The number of nitrogens with zero attached hydrogens (tertiary/aromatic N) is 1.